The van der Waals surface area contributed by atoms with Crippen LogP contribution in [0.15, 0.2) is 48.5 Å². The summed E-state index contributed by atoms with van der Waals surface area (Å²) in [5, 5.41) is 16.6. The molecule has 4 aromatic rings. The van der Waals surface area contributed by atoms with E-state index in [4.69, 9.17) is 11.6 Å². The molecule has 0 saturated carbocycles. The molecular formula is C21H18ClN5O. The van der Waals surface area contributed by atoms with Crippen LogP contribution in [0.1, 0.15) is 27.4 Å². The molecule has 0 bridgehead atoms. The van der Waals surface area contributed by atoms with Crippen LogP contribution in [0.3, 0.4) is 0 Å². The maximum atomic E-state index is 12.8. The SMILES string of the molecule is Cc1ccccc1NC(=O)c1nnc2c(-c3cccc(Cl)c3)c(C)nn2c1C. The Morgan fingerprint density at radius 1 is 1.04 bits per heavy atom. The minimum atomic E-state index is -0.321. The molecule has 28 heavy (non-hydrogen) atoms. The Hall–Kier alpha value is -3.25. The van der Waals surface area contributed by atoms with E-state index < -0.39 is 0 Å². The van der Waals surface area contributed by atoms with Crippen molar-refractivity contribution in [2.24, 2.45) is 0 Å². The van der Waals surface area contributed by atoms with Crippen LogP contribution in [0.5, 0.6) is 0 Å². The lowest BCUT2D eigenvalue weighted by atomic mass is 10.1. The van der Waals surface area contributed by atoms with E-state index in [-0.39, 0.29) is 11.6 Å². The van der Waals surface area contributed by atoms with Crippen molar-refractivity contribution in [3.05, 3.63) is 76.2 Å². The molecule has 0 aliphatic carbocycles. The summed E-state index contributed by atoms with van der Waals surface area (Å²) in [5.41, 5.74) is 5.70. The number of para-hydroxylation sites is 1. The van der Waals surface area contributed by atoms with E-state index >= 15 is 0 Å². The lowest BCUT2D eigenvalue weighted by Gasteiger charge is -2.09. The highest BCUT2D eigenvalue weighted by Crippen LogP contribution is 2.29. The first-order chi connectivity index (χ1) is 13.5. The number of hydrogen-bond donors (Lipinski definition) is 1. The summed E-state index contributed by atoms with van der Waals surface area (Å²) >= 11 is 6.14. The second-order valence-corrected chi connectivity index (χ2v) is 7.05. The molecule has 6 nitrogen and oxygen atoms in total. The Kier molecular flexibility index (Phi) is 4.57. The average molecular weight is 392 g/mol. The largest absolute Gasteiger partial charge is 0.320 e. The number of halogens is 1. The molecule has 1 amide bonds. The van der Waals surface area contributed by atoms with E-state index in [1.165, 1.54) is 0 Å². The van der Waals surface area contributed by atoms with E-state index in [0.29, 0.717) is 16.4 Å². The zero-order chi connectivity index (χ0) is 19.8. The highest BCUT2D eigenvalue weighted by Gasteiger charge is 2.20. The number of benzene rings is 2. The van der Waals surface area contributed by atoms with E-state index in [0.717, 1.165) is 28.1 Å². The standard InChI is InChI=1S/C21H18ClN5O/c1-12-7-4-5-10-17(12)23-21(28)19-14(3)27-20(25-24-19)18(13(2)26-27)15-8-6-9-16(22)11-15/h4-11H,1-3H3,(H,23,28). The van der Waals surface area contributed by atoms with Crippen LogP contribution in [0.25, 0.3) is 16.8 Å². The van der Waals surface area contributed by atoms with Gasteiger partial charge in [-0.05, 0) is 50.1 Å². The first-order valence-corrected chi connectivity index (χ1v) is 9.19. The van der Waals surface area contributed by atoms with Crippen molar-refractivity contribution in [3.63, 3.8) is 0 Å². The molecule has 0 aliphatic heterocycles. The minimum absolute atomic E-state index is 0.232. The molecule has 0 atom stereocenters. The third kappa shape index (κ3) is 3.12. The van der Waals surface area contributed by atoms with Gasteiger partial charge in [-0.15, -0.1) is 10.2 Å². The Morgan fingerprint density at radius 3 is 2.57 bits per heavy atom. The third-order valence-electron chi connectivity index (χ3n) is 4.66. The Bertz CT molecular complexity index is 1210. The van der Waals surface area contributed by atoms with Gasteiger partial charge in [0, 0.05) is 10.7 Å². The Balaban J connectivity index is 1.78. The summed E-state index contributed by atoms with van der Waals surface area (Å²) in [6.45, 7) is 5.64. The summed E-state index contributed by atoms with van der Waals surface area (Å²) in [7, 11) is 0. The topological polar surface area (TPSA) is 72.2 Å². The number of carbonyl (C=O) groups is 1. The number of nitrogens with zero attached hydrogens (tertiary/aromatic N) is 4. The number of nitrogens with one attached hydrogen (secondary N) is 1. The second kappa shape index (κ2) is 7.05. The van der Waals surface area contributed by atoms with Crippen molar-refractivity contribution in [1.82, 2.24) is 19.8 Å². The van der Waals surface area contributed by atoms with E-state index in [1.807, 2.05) is 69.3 Å². The van der Waals surface area contributed by atoms with Gasteiger partial charge in [0.2, 0.25) is 0 Å². The fourth-order valence-corrected chi connectivity index (χ4v) is 3.39. The molecule has 0 radical (unpaired) electrons. The molecule has 0 fully saturated rings. The average Bonchev–Trinajstić information content (AvgIpc) is 3.01. The first-order valence-electron chi connectivity index (χ1n) is 8.81. The predicted molar refractivity (Wildman–Crippen MR) is 110 cm³/mol. The number of aromatic nitrogens is 4. The van der Waals surface area contributed by atoms with Gasteiger partial charge in [0.1, 0.15) is 0 Å². The van der Waals surface area contributed by atoms with Gasteiger partial charge in [-0.2, -0.15) is 5.10 Å². The van der Waals surface area contributed by atoms with Crippen LogP contribution >= 0.6 is 11.6 Å². The van der Waals surface area contributed by atoms with Gasteiger partial charge >= 0.3 is 0 Å². The van der Waals surface area contributed by atoms with Gasteiger partial charge < -0.3 is 5.32 Å². The number of anilines is 1. The summed E-state index contributed by atoms with van der Waals surface area (Å²) < 4.78 is 1.66. The molecule has 2 aromatic carbocycles. The molecule has 2 aromatic heterocycles. The van der Waals surface area contributed by atoms with Crippen LogP contribution in [-0.2, 0) is 0 Å². The minimum Gasteiger partial charge on any atom is -0.320 e. The number of hydrogen-bond acceptors (Lipinski definition) is 4. The number of aryl methyl sites for hydroxylation is 3. The maximum absolute atomic E-state index is 12.8. The Morgan fingerprint density at radius 2 is 1.82 bits per heavy atom. The maximum Gasteiger partial charge on any atom is 0.278 e. The van der Waals surface area contributed by atoms with Gasteiger partial charge in [-0.1, -0.05) is 41.9 Å². The Labute approximate surface area is 167 Å². The van der Waals surface area contributed by atoms with Crippen molar-refractivity contribution in [1.29, 1.82) is 0 Å². The van der Waals surface area contributed by atoms with E-state index in [1.54, 1.807) is 4.52 Å². The first kappa shape index (κ1) is 18.1. The lowest BCUT2D eigenvalue weighted by molar-refractivity contribution is 0.102. The van der Waals surface area contributed by atoms with E-state index in [2.05, 4.69) is 20.6 Å². The predicted octanol–water partition coefficient (Wildman–Crippen LogP) is 4.62. The summed E-state index contributed by atoms with van der Waals surface area (Å²) in [5.74, 6) is -0.321. The van der Waals surface area contributed by atoms with Gasteiger partial charge in [-0.25, -0.2) is 4.52 Å². The highest BCUT2D eigenvalue weighted by atomic mass is 35.5. The lowest BCUT2D eigenvalue weighted by Crippen LogP contribution is -2.19. The van der Waals surface area contributed by atoms with Crippen molar-refractivity contribution in [2.45, 2.75) is 20.8 Å². The normalized spacial score (nSPS) is 11.0. The van der Waals surface area contributed by atoms with Crippen molar-refractivity contribution in [3.8, 4) is 11.1 Å². The molecule has 2 heterocycles. The number of carbonyl (C=O) groups excluding carboxylic acids is 1. The van der Waals surface area contributed by atoms with Crippen LogP contribution in [0, 0.1) is 20.8 Å². The zero-order valence-electron chi connectivity index (χ0n) is 15.7. The summed E-state index contributed by atoms with van der Waals surface area (Å²) in [6, 6.07) is 15.1. The van der Waals surface area contributed by atoms with Gasteiger partial charge in [-0.3, -0.25) is 4.79 Å². The third-order valence-corrected chi connectivity index (χ3v) is 4.90. The molecule has 7 heteroatoms. The van der Waals surface area contributed by atoms with Crippen LogP contribution in [-0.4, -0.2) is 25.7 Å². The molecule has 1 N–H and O–H groups in total. The number of fused-ring (bicyclic) bond motifs is 1. The summed E-state index contributed by atoms with van der Waals surface area (Å²) in [4.78, 5) is 12.8. The summed E-state index contributed by atoms with van der Waals surface area (Å²) in [6.07, 6.45) is 0. The quantitative estimate of drug-likeness (QED) is 0.553. The van der Waals surface area contributed by atoms with Crippen molar-refractivity contribution < 1.29 is 4.79 Å². The monoisotopic (exact) mass is 391 g/mol. The van der Waals surface area contributed by atoms with Crippen LogP contribution < -0.4 is 5.32 Å². The molecule has 0 spiro atoms. The van der Waals surface area contributed by atoms with Gasteiger partial charge in [0.25, 0.3) is 5.91 Å². The fraction of sp³-hybridized carbons (Fsp3) is 0.143. The van der Waals surface area contributed by atoms with Crippen molar-refractivity contribution in [2.75, 3.05) is 5.32 Å². The zero-order valence-corrected chi connectivity index (χ0v) is 16.4. The van der Waals surface area contributed by atoms with Gasteiger partial charge in [0.05, 0.1) is 17.0 Å². The number of amides is 1. The number of rotatable bonds is 3. The highest BCUT2D eigenvalue weighted by molar-refractivity contribution is 6.30. The van der Waals surface area contributed by atoms with Gasteiger partial charge in [0.15, 0.2) is 11.3 Å². The molecule has 4 rings (SSSR count). The van der Waals surface area contributed by atoms with Crippen LogP contribution in [0.2, 0.25) is 5.02 Å². The molecule has 0 aliphatic rings. The molecule has 0 unspecified atom stereocenters. The van der Waals surface area contributed by atoms with Crippen molar-refractivity contribution >= 4 is 28.8 Å². The molecular weight excluding hydrogens is 374 g/mol. The molecule has 0 saturated heterocycles. The fourth-order valence-electron chi connectivity index (χ4n) is 3.20. The van der Waals surface area contributed by atoms with E-state index in [9.17, 15) is 4.79 Å². The molecule has 140 valence electrons. The van der Waals surface area contributed by atoms with Crippen LogP contribution in [0.4, 0.5) is 5.69 Å². The smallest absolute Gasteiger partial charge is 0.278 e. The second-order valence-electron chi connectivity index (χ2n) is 6.61.